The molecule has 108 valence electrons. The van der Waals surface area contributed by atoms with Crippen LogP contribution < -0.4 is 4.74 Å². The number of carboxylic acids is 1. The fourth-order valence-corrected chi connectivity index (χ4v) is 2.06. The van der Waals surface area contributed by atoms with Gasteiger partial charge in [0.25, 0.3) is 5.91 Å². The van der Waals surface area contributed by atoms with Crippen LogP contribution in [0.5, 0.6) is 5.75 Å². The first-order valence-electron chi connectivity index (χ1n) is 6.66. The van der Waals surface area contributed by atoms with Crippen molar-refractivity contribution in [3.63, 3.8) is 0 Å². The Hall–Kier alpha value is -2.11. The molecule has 1 aromatic heterocycles. The first kappa shape index (κ1) is 14.3. The summed E-state index contributed by atoms with van der Waals surface area (Å²) >= 11 is 0. The molecule has 1 aromatic rings. The van der Waals surface area contributed by atoms with E-state index >= 15 is 0 Å². The normalized spacial score (nSPS) is 13.9. The standard InChI is InChI=1S/C14H18N2O4/c1-3-16(10-5-6-10)12(17)8-20-11-7-4-9(2)15-13(11)14(18)19/h4,7,10H,3,5-6,8H2,1-2H3,(H,18,19). The number of carbonyl (C=O) groups is 2. The van der Waals surface area contributed by atoms with E-state index in [2.05, 4.69) is 4.98 Å². The van der Waals surface area contributed by atoms with Gasteiger partial charge in [0.2, 0.25) is 0 Å². The van der Waals surface area contributed by atoms with Crippen molar-refractivity contribution in [2.75, 3.05) is 13.2 Å². The quantitative estimate of drug-likeness (QED) is 0.852. The van der Waals surface area contributed by atoms with E-state index in [0.29, 0.717) is 18.3 Å². The third kappa shape index (κ3) is 3.26. The molecule has 0 unspecified atom stereocenters. The van der Waals surface area contributed by atoms with Crippen LogP contribution in [-0.2, 0) is 4.79 Å². The zero-order valence-electron chi connectivity index (χ0n) is 11.6. The molecule has 6 heteroatoms. The summed E-state index contributed by atoms with van der Waals surface area (Å²) in [4.78, 5) is 28.8. The third-order valence-electron chi connectivity index (χ3n) is 3.20. The van der Waals surface area contributed by atoms with E-state index < -0.39 is 5.97 Å². The van der Waals surface area contributed by atoms with Crippen molar-refractivity contribution in [2.24, 2.45) is 0 Å². The van der Waals surface area contributed by atoms with Gasteiger partial charge in [-0.3, -0.25) is 4.79 Å². The van der Waals surface area contributed by atoms with Gasteiger partial charge in [-0.15, -0.1) is 0 Å². The summed E-state index contributed by atoms with van der Waals surface area (Å²) in [5.74, 6) is -1.15. The highest BCUT2D eigenvalue weighted by Crippen LogP contribution is 2.26. The molecule has 1 heterocycles. The van der Waals surface area contributed by atoms with Crippen LogP contribution in [0.3, 0.4) is 0 Å². The Morgan fingerprint density at radius 2 is 2.15 bits per heavy atom. The molecule has 0 saturated heterocycles. The summed E-state index contributed by atoms with van der Waals surface area (Å²) in [7, 11) is 0. The predicted molar refractivity (Wildman–Crippen MR) is 71.8 cm³/mol. The summed E-state index contributed by atoms with van der Waals surface area (Å²) < 4.78 is 5.34. The Morgan fingerprint density at radius 3 is 2.70 bits per heavy atom. The Morgan fingerprint density at radius 1 is 1.45 bits per heavy atom. The first-order valence-corrected chi connectivity index (χ1v) is 6.66. The molecule has 0 spiro atoms. The van der Waals surface area contributed by atoms with E-state index in [9.17, 15) is 9.59 Å². The van der Waals surface area contributed by atoms with Crippen LogP contribution in [0.4, 0.5) is 0 Å². The molecule has 1 saturated carbocycles. The number of hydrogen-bond acceptors (Lipinski definition) is 4. The molecule has 0 bridgehead atoms. The van der Waals surface area contributed by atoms with Crippen LogP contribution in [-0.4, -0.2) is 46.1 Å². The molecule has 0 aromatic carbocycles. The van der Waals surface area contributed by atoms with Crippen molar-refractivity contribution in [1.82, 2.24) is 9.88 Å². The number of aromatic carboxylic acids is 1. The second-order valence-corrected chi connectivity index (χ2v) is 4.80. The molecule has 1 N–H and O–H groups in total. The van der Waals surface area contributed by atoms with E-state index in [0.717, 1.165) is 12.8 Å². The predicted octanol–water partition coefficient (Wildman–Crippen LogP) is 1.48. The fraction of sp³-hybridized carbons (Fsp3) is 0.500. The molecule has 20 heavy (non-hydrogen) atoms. The average molecular weight is 278 g/mol. The molecule has 0 atom stereocenters. The molecule has 1 fully saturated rings. The van der Waals surface area contributed by atoms with E-state index in [1.165, 1.54) is 6.07 Å². The van der Waals surface area contributed by atoms with Crippen molar-refractivity contribution < 1.29 is 19.4 Å². The van der Waals surface area contributed by atoms with Crippen molar-refractivity contribution in [3.8, 4) is 5.75 Å². The van der Waals surface area contributed by atoms with Gasteiger partial charge in [0.15, 0.2) is 18.1 Å². The Bertz CT molecular complexity index is 526. The zero-order valence-corrected chi connectivity index (χ0v) is 11.6. The first-order chi connectivity index (χ1) is 9.52. The number of amides is 1. The molecule has 1 aliphatic rings. The number of pyridine rings is 1. The number of carboxylic acid groups (broad SMARTS) is 1. The van der Waals surface area contributed by atoms with Crippen molar-refractivity contribution in [1.29, 1.82) is 0 Å². The molecule has 2 rings (SSSR count). The number of likely N-dealkylation sites (N-methyl/N-ethyl adjacent to an activating group) is 1. The Balaban J connectivity index is 2.03. The second-order valence-electron chi connectivity index (χ2n) is 4.80. The topological polar surface area (TPSA) is 79.7 Å². The van der Waals surface area contributed by atoms with Gasteiger partial charge < -0.3 is 14.7 Å². The van der Waals surface area contributed by atoms with Gasteiger partial charge in [-0.2, -0.15) is 0 Å². The van der Waals surface area contributed by atoms with Gasteiger partial charge in [-0.25, -0.2) is 9.78 Å². The average Bonchev–Trinajstić information content (AvgIpc) is 3.22. The number of aryl methyl sites for hydroxylation is 1. The van der Waals surface area contributed by atoms with Gasteiger partial charge in [0, 0.05) is 18.3 Å². The number of rotatable bonds is 6. The summed E-state index contributed by atoms with van der Waals surface area (Å²) in [6.45, 7) is 4.11. The molecule has 6 nitrogen and oxygen atoms in total. The van der Waals surface area contributed by atoms with E-state index in [-0.39, 0.29) is 24.0 Å². The minimum Gasteiger partial charge on any atom is -0.481 e. The summed E-state index contributed by atoms with van der Waals surface area (Å²) in [6.07, 6.45) is 2.07. The number of carbonyl (C=O) groups excluding carboxylic acids is 1. The van der Waals surface area contributed by atoms with Crippen LogP contribution in [0.2, 0.25) is 0 Å². The van der Waals surface area contributed by atoms with Crippen molar-refractivity contribution >= 4 is 11.9 Å². The maximum absolute atomic E-state index is 12.0. The van der Waals surface area contributed by atoms with Gasteiger partial charge in [-0.05, 0) is 38.8 Å². The molecule has 0 radical (unpaired) electrons. The lowest BCUT2D eigenvalue weighted by Gasteiger charge is -2.20. The van der Waals surface area contributed by atoms with Crippen LogP contribution in [0.15, 0.2) is 12.1 Å². The molecule has 1 amide bonds. The summed E-state index contributed by atoms with van der Waals surface area (Å²) in [6, 6.07) is 3.52. The maximum atomic E-state index is 12.0. The number of ether oxygens (including phenoxy) is 1. The lowest BCUT2D eigenvalue weighted by Crippen LogP contribution is -2.36. The lowest BCUT2D eigenvalue weighted by molar-refractivity contribution is -0.133. The largest absolute Gasteiger partial charge is 0.481 e. The summed E-state index contributed by atoms with van der Waals surface area (Å²) in [5, 5.41) is 9.07. The summed E-state index contributed by atoms with van der Waals surface area (Å²) in [5.41, 5.74) is 0.432. The Labute approximate surface area is 117 Å². The molecule has 1 aliphatic carbocycles. The SMILES string of the molecule is CCN(C(=O)COc1ccc(C)nc1C(=O)O)C1CC1. The van der Waals surface area contributed by atoms with Gasteiger partial charge >= 0.3 is 5.97 Å². The number of aromatic nitrogens is 1. The fourth-order valence-electron chi connectivity index (χ4n) is 2.06. The maximum Gasteiger partial charge on any atom is 0.358 e. The molecular formula is C14H18N2O4. The minimum atomic E-state index is -1.16. The van der Waals surface area contributed by atoms with Crippen LogP contribution >= 0.6 is 0 Å². The number of nitrogens with zero attached hydrogens (tertiary/aromatic N) is 2. The van der Waals surface area contributed by atoms with Crippen LogP contribution in [0.1, 0.15) is 35.9 Å². The highest BCUT2D eigenvalue weighted by atomic mass is 16.5. The molecule has 0 aliphatic heterocycles. The zero-order chi connectivity index (χ0) is 14.7. The van der Waals surface area contributed by atoms with Crippen molar-refractivity contribution in [3.05, 3.63) is 23.5 Å². The lowest BCUT2D eigenvalue weighted by atomic mass is 10.3. The highest BCUT2D eigenvalue weighted by molar-refractivity contribution is 5.88. The van der Waals surface area contributed by atoms with Gasteiger partial charge in [0.05, 0.1) is 0 Å². The van der Waals surface area contributed by atoms with E-state index in [1.54, 1.807) is 17.9 Å². The van der Waals surface area contributed by atoms with Gasteiger partial charge in [-0.1, -0.05) is 0 Å². The molecular weight excluding hydrogens is 260 g/mol. The van der Waals surface area contributed by atoms with Crippen LogP contribution in [0.25, 0.3) is 0 Å². The van der Waals surface area contributed by atoms with Crippen LogP contribution in [0, 0.1) is 6.92 Å². The smallest absolute Gasteiger partial charge is 0.358 e. The van der Waals surface area contributed by atoms with E-state index in [1.807, 2.05) is 6.92 Å². The minimum absolute atomic E-state index is 0.119. The highest BCUT2D eigenvalue weighted by Gasteiger charge is 2.31. The van der Waals surface area contributed by atoms with E-state index in [4.69, 9.17) is 9.84 Å². The van der Waals surface area contributed by atoms with Crippen molar-refractivity contribution in [2.45, 2.75) is 32.7 Å². The van der Waals surface area contributed by atoms with Gasteiger partial charge in [0.1, 0.15) is 0 Å². The number of hydrogen-bond donors (Lipinski definition) is 1. The second kappa shape index (κ2) is 5.90. The monoisotopic (exact) mass is 278 g/mol. The Kier molecular flexibility index (Phi) is 4.22. The third-order valence-corrected chi connectivity index (χ3v) is 3.20.